The van der Waals surface area contributed by atoms with Gasteiger partial charge in [0.15, 0.2) is 16.8 Å². The lowest BCUT2D eigenvalue weighted by Crippen LogP contribution is -2.13. The van der Waals surface area contributed by atoms with E-state index in [-0.39, 0.29) is 0 Å². The highest BCUT2D eigenvalue weighted by Crippen LogP contribution is 2.26. The molecule has 0 unspecified atom stereocenters. The van der Waals surface area contributed by atoms with Crippen LogP contribution in [0.5, 0.6) is 0 Å². The molecule has 0 aliphatic rings. The first kappa shape index (κ1) is 16.9. The van der Waals surface area contributed by atoms with Crippen molar-refractivity contribution in [3.05, 3.63) is 68.4 Å². The lowest BCUT2D eigenvalue weighted by Gasteiger charge is -2.04. The molecule has 0 spiro atoms. The fourth-order valence-electron chi connectivity index (χ4n) is 1.96. The first-order chi connectivity index (χ1) is 11.4. The minimum Gasteiger partial charge on any atom is -0.298 e. The van der Waals surface area contributed by atoms with Crippen LogP contribution in [0.25, 0.3) is 11.3 Å². The largest absolute Gasteiger partial charge is 0.298 e. The van der Waals surface area contributed by atoms with E-state index in [0.29, 0.717) is 25.5 Å². The molecule has 1 amide bonds. The number of carbonyl (C=O) groups is 1. The maximum absolute atomic E-state index is 13.3. The van der Waals surface area contributed by atoms with Gasteiger partial charge >= 0.3 is 0 Å². The number of halogens is 4. The molecule has 0 fully saturated rings. The zero-order valence-electron chi connectivity index (χ0n) is 11.8. The lowest BCUT2D eigenvalue weighted by atomic mass is 10.2. The van der Waals surface area contributed by atoms with Crippen LogP contribution >= 0.6 is 33.9 Å². The number of rotatable bonds is 3. The molecule has 0 aliphatic heterocycles. The predicted octanol–water partition coefficient (Wildman–Crippen LogP) is 5.08. The maximum Gasteiger partial charge on any atom is 0.258 e. The van der Waals surface area contributed by atoms with Crippen molar-refractivity contribution >= 4 is 45.0 Å². The minimum atomic E-state index is -0.966. The molecule has 0 atom stereocenters. The van der Waals surface area contributed by atoms with E-state index in [2.05, 4.69) is 10.3 Å². The Kier molecular flexibility index (Phi) is 4.86. The topological polar surface area (TPSA) is 42.0 Å². The fraction of sp³-hybridized carbons (Fsp3) is 0. The van der Waals surface area contributed by atoms with Crippen molar-refractivity contribution in [2.75, 3.05) is 5.32 Å². The van der Waals surface area contributed by atoms with Crippen molar-refractivity contribution in [2.24, 2.45) is 0 Å². The molecular weight excluding hydrogens is 452 g/mol. The van der Waals surface area contributed by atoms with E-state index in [0.717, 1.165) is 23.5 Å². The SMILES string of the molecule is O=C(Nc1nc(-c2ccc(F)c(F)c2)cs1)c1ccc(F)cc1I. The highest BCUT2D eigenvalue weighted by atomic mass is 127. The summed E-state index contributed by atoms with van der Waals surface area (Å²) in [4.78, 5) is 16.4. The number of thiazole rings is 1. The van der Waals surface area contributed by atoms with Crippen molar-refractivity contribution in [1.29, 1.82) is 0 Å². The molecule has 1 aromatic heterocycles. The summed E-state index contributed by atoms with van der Waals surface area (Å²) >= 11 is 3.02. The van der Waals surface area contributed by atoms with E-state index in [1.807, 2.05) is 22.6 Å². The fourth-order valence-corrected chi connectivity index (χ4v) is 3.39. The third-order valence-corrected chi connectivity index (χ3v) is 4.77. The van der Waals surface area contributed by atoms with Crippen LogP contribution in [0.3, 0.4) is 0 Å². The smallest absolute Gasteiger partial charge is 0.258 e. The first-order valence-electron chi connectivity index (χ1n) is 6.61. The highest BCUT2D eigenvalue weighted by Gasteiger charge is 2.14. The van der Waals surface area contributed by atoms with Gasteiger partial charge in [0.1, 0.15) is 5.82 Å². The Balaban J connectivity index is 1.80. The normalized spacial score (nSPS) is 10.7. The van der Waals surface area contributed by atoms with E-state index in [9.17, 15) is 18.0 Å². The number of nitrogens with zero attached hydrogens (tertiary/aromatic N) is 1. The predicted molar refractivity (Wildman–Crippen MR) is 94.5 cm³/mol. The molecule has 1 heterocycles. The van der Waals surface area contributed by atoms with E-state index in [1.165, 1.54) is 24.3 Å². The van der Waals surface area contributed by atoms with Crippen LogP contribution in [0.15, 0.2) is 41.8 Å². The summed E-state index contributed by atoms with van der Waals surface area (Å²) in [6.45, 7) is 0. The second-order valence-corrected chi connectivity index (χ2v) is 6.77. The summed E-state index contributed by atoms with van der Waals surface area (Å²) < 4.78 is 39.8. The van der Waals surface area contributed by atoms with Gasteiger partial charge in [0.25, 0.3) is 5.91 Å². The molecule has 0 radical (unpaired) electrons. The molecular formula is C16H8F3IN2OS. The molecule has 2 aromatic carbocycles. The number of aromatic nitrogens is 1. The standard InChI is InChI=1S/C16H8F3IN2OS/c17-9-2-3-10(13(20)6-9)15(23)22-16-21-14(7-24-16)8-1-4-11(18)12(19)5-8/h1-7H,(H,21,22,23). The first-order valence-corrected chi connectivity index (χ1v) is 8.57. The van der Waals surface area contributed by atoms with Gasteiger partial charge in [-0.15, -0.1) is 11.3 Å². The molecule has 0 saturated heterocycles. The molecule has 0 bridgehead atoms. The zero-order valence-corrected chi connectivity index (χ0v) is 14.8. The second kappa shape index (κ2) is 6.89. The van der Waals surface area contributed by atoms with E-state index in [1.54, 1.807) is 5.38 Å². The van der Waals surface area contributed by atoms with Gasteiger partial charge in [0, 0.05) is 14.5 Å². The molecule has 8 heteroatoms. The number of amides is 1. The maximum atomic E-state index is 13.3. The van der Waals surface area contributed by atoms with Crippen LogP contribution in [0.2, 0.25) is 0 Å². The van der Waals surface area contributed by atoms with Gasteiger partial charge in [0.2, 0.25) is 0 Å². The van der Waals surface area contributed by atoms with Crippen LogP contribution in [0.1, 0.15) is 10.4 Å². The Morgan fingerprint density at radius 1 is 1.08 bits per heavy atom. The van der Waals surface area contributed by atoms with Crippen molar-refractivity contribution < 1.29 is 18.0 Å². The van der Waals surface area contributed by atoms with Crippen LogP contribution in [-0.4, -0.2) is 10.9 Å². The monoisotopic (exact) mass is 460 g/mol. The average molecular weight is 460 g/mol. The molecule has 3 rings (SSSR count). The van der Waals surface area contributed by atoms with Crippen LogP contribution < -0.4 is 5.32 Å². The van der Waals surface area contributed by atoms with Crippen LogP contribution in [0, 0.1) is 21.0 Å². The molecule has 122 valence electrons. The Morgan fingerprint density at radius 2 is 1.88 bits per heavy atom. The van der Waals surface area contributed by atoms with Crippen molar-refractivity contribution in [2.45, 2.75) is 0 Å². The number of hydrogen-bond acceptors (Lipinski definition) is 3. The molecule has 3 aromatic rings. The number of benzene rings is 2. The molecule has 0 aliphatic carbocycles. The van der Waals surface area contributed by atoms with Crippen LogP contribution in [0.4, 0.5) is 18.3 Å². The van der Waals surface area contributed by atoms with Gasteiger partial charge in [-0.2, -0.15) is 0 Å². The summed E-state index contributed by atoms with van der Waals surface area (Å²) in [5.74, 6) is -2.75. The van der Waals surface area contributed by atoms with Gasteiger partial charge < -0.3 is 0 Å². The number of anilines is 1. The van der Waals surface area contributed by atoms with Crippen molar-refractivity contribution in [3.8, 4) is 11.3 Å². The van der Waals surface area contributed by atoms with Gasteiger partial charge in [-0.25, -0.2) is 18.2 Å². The quantitative estimate of drug-likeness (QED) is 0.554. The summed E-state index contributed by atoms with van der Waals surface area (Å²) in [5, 5.41) is 4.54. The summed E-state index contributed by atoms with van der Waals surface area (Å²) in [6.07, 6.45) is 0. The molecule has 1 N–H and O–H groups in total. The molecule has 0 saturated carbocycles. The number of nitrogens with one attached hydrogen (secondary N) is 1. The second-order valence-electron chi connectivity index (χ2n) is 4.75. The average Bonchev–Trinajstić information content (AvgIpc) is 2.98. The summed E-state index contributed by atoms with van der Waals surface area (Å²) in [6, 6.07) is 7.30. The summed E-state index contributed by atoms with van der Waals surface area (Å²) in [5.41, 5.74) is 1.14. The van der Waals surface area contributed by atoms with Gasteiger partial charge in [-0.1, -0.05) is 0 Å². The highest BCUT2D eigenvalue weighted by molar-refractivity contribution is 14.1. The third kappa shape index (κ3) is 3.59. The van der Waals surface area contributed by atoms with Crippen molar-refractivity contribution in [1.82, 2.24) is 4.98 Å². The van der Waals surface area contributed by atoms with Gasteiger partial charge in [0.05, 0.1) is 11.3 Å². The van der Waals surface area contributed by atoms with Crippen LogP contribution in [-0.2, 0) is 0 Å². The third-order valence-electron chi connectivity index (χ3n) is 3.12. The van der Waals surface area contributed by atoms with E-state index < -0.39 is 23.4 Å². The van der Waals surface area contributed by atoms with E-state index >= 15 is 0 Å². The Hall–Kier alpha value is -1.94. The van der Waals surface area contributed by atoms with E-state index in [4.69, 9.17) is 0 Å². The Morgan fingerprint density at radius 3 is 2.58 bits per heavy atom. The number of hydrogen-bond donors (Lipinski definition) is 1. The van der Waals surface area contributed by atoms with Gasteiger partial charge in [-0.05, 0) is 59.0 Å². The van der Waals surface area contributed by atoms with Crippen molar-refractivity contribution in [3.63, 3.8) is 0 Å². The molecule has 24 heavy (non-hydrogen) atoms. The zero-order chi connectivity index (χ0) is 17.3. The Labute approximate surface area is 152 Å². The minimum absolute atomic E-state index is 0.305. The summed E-state index contributed by atoms with van der Waals surface area (Å²) in [7, 11) is 0. The van der Waals surface area contributed by atoms with Gasteiger partial charge in [-0.3, -0.25) is 10.1 Å². The number of carbonyl (C=O) groups excluding carboxylic acids is 1. The Bertz CT molecular complexity index is 929. The lowest BCUT2D eigenvalue weighted by molar-refractivity contribution is 0.102. The molecule has 3 nitrogen and oxygen atoms in total.